The SMILES string of the molecule is CCOc1ccc(C(C)NC(=O)C(C)(C)C)cc1. The monoisotopic (exact) mass is 249 g/mol. The van der Waals surface area contributed by atoms with E-state index in [1.807, 2.05) is 58.9 Å². The zero-order chi connectivity index (χ0) is 13.8. The number of amides is 1. The number of hydrogen-bond donors (Lipinski definition) is 1. The Morgan fingerprint density at radius 2 is 1.83 bits per heavy atom. The van der Waals surface area contributed by atoms with Gasteiger partial charge in [0.15, 0.2) is 0 Å². The summed E-state index contributed by atoms with van der Waals surface area (Å²) in [5.74, 6) is 0.916. The van der Waals surface area contributed by atoms with E-state index in [-0.39, 0.29) is 17.4 Å². The van der Waals surface area contributed by atoms with Crippen molar-refractivity contribution in [2.75, 3.05) is 6.61 Å². The Kier molecular flexibility index (Phi) is 4.76. The molecule has 0 saturated heterocycles. The average Bonchev–Trinajstić information content (AvgIpc) is 2.29. The molecule has 0 heterocycles. The van der Waals surface area contributed by atoms with E-state index in [1.165, 1.54) is 0 Å². The molecule has 0 aromatic heterocycles. The van der Waals surface area contributed by atoms with Gasteiger partial charge in [0.2, 0.25) is 5.91 Å². The number of ether oxygens (including phenoxy) is 1. The van der Waals surface area contributed by atoms with Crippen molar-refractivity contribution in [3.63, 3.8) is 0 Å². The van der Waals surface area contributed by atoms with Crippen molar-refractivity contribution in [2.45, 2.75) is 40.7 Å². The molecule has 1 aromatic carbocycles. The van der Waals surface area contributed by atoms with Gasteiger partial charge in [-0.2, -0.15) is 0 Å². The maximum Gasteiger partial charge on any atom is 0.225 e. The van der Waals surface area contributed by atoms with Gasteiger partial charge in [0.1, 0.15) is 5.75 Å². The molecule has 0 spiro atoms. The average molecular weight is 249 g/mol. The Bertz CT molecular complexity index is 390. The van der Waals surface area contributed by atoms with Crippen LogP contribution in [0.4, 0.5) is 0 Å². The minimum Gasteiger partial charge on any atom is -0.494 e. The highest BCUT2D eigenvalue weighted by molar-refractivity contribution is 5.81. The number of hydrogen-bond acceptors (Lipinski definition) is 2. The number of carbonyl (C=O) groups excluding carboxylic acids is 1. The maximum atomic E-state index is 11.9. The summed E-state index contributed by atoms with van der Waals surface area (Å²) in [7, 11) is 0. The van der Waals surface area contributed by atoms with Crippen LogP contribution in [0.3, 0.4) is 0 Å². The van der Waals surface area contributed by atoms with Gasteiger partial charge in [-0.1, -0.05) is 32.9 Å². The number of rotatable bonds is 4. The highest BCUT2D eigenvalue weighted by atomic mass is 16.5. The molecular formula is C15H23NO2. The molecule has 1 N–H and O–H groups in total. The summed E-state index contributed by atoms with van der Waals surface area (Å²) in [6.45, 7) is 10.3. The number of benzene rings is 1. The van der Waals surface area contributed by atoms with Gasteiger partial charge in [0, 0.05) is 5.41 Å². The largest absolute Gasteiger partial charge is 0.494 e. The van der Waals surface area contributed by atoms with Gasteiger partial charge in [-0.05, 0) is 31.5 Å². The van der Waals surface area contributed by atoms with Crippen LogP contribution >= 0.6 is 0 Å². The van der Waals surface area contributed by atoms with Crippen molar-refractivity contribution >= 4 is 5.91 Å². The molecule has 0 aliphatic rings. The Labute approximate surface area is 110 Å². The van der Waals surface area contributed by atoms with E-state index in [9.17, 15) is 4.79 Å². The predicted octanol–water partition coefficient (Wildman–Crippen LogP) is 3.31. The first-order valence-electron chi connectivity index (χ1n) is 6.38. The standard InChI is InChI=1S/C15H23NO2/c1-6-18-13-9-7-12(8-10-13)11(2)16-14(17)15(3,4)5/h7-11H,6H2,1-5H3,(H,16,17). The first-order valence-corrected chi connectivity index (χ1v) is 6.38. The molecule has 1 amide bonds. The highest BCUT2D eigenvalue weighted by Gasteiger charge is 2.22. The summed E-state index contributed by atoms with van der Waals surface area (Å²) in [6.07, 6.45) is 0. The van der Waals surface area contributed by atoms with E-state index in [0.29, 0.717) is 6.61 Å². The van der Waals surface area contributed by atoms with E-state index in [1.54, 1.807) is 0 Å². The van der Waals surface area contributed by atoms with E-state index >= 15 is 0 Å². The second-order valence-corrected chi connectivity index (χ2v) is 5.45. The van der Waals surface area contributed by atoms with Crippen molar-refractivity contribution in [1.82, 2.24) is 5.32 Å². The summed E-state index contributed by atoms with van der Waals surface area (Å²) >= 11 is 0. The third kappa shape index (κ3) is 4.06. The quantitative estimate of drug-likeness (QED) is 0.889. The van der Waals surface area contributed by atoms with Crippen LogP contribution in [-0.2, 0) is 4.79 Å². The molecule has 1 atom stereocenters. The van der Waals surface area contributed by atoms with Gasteiger partial charge in [-0.15, -0.1) is 0 Å². The highest BCUT2D eigenvalue weighted by Crippen LogP contribution is 2.20. The number of nitrogens with one attached hydrogen (secondary N) is 1. The van der Waals surface area contributed by atoms with Crippen LogP contribution in [0.2, 0.25) is 0 Å². The van der Waals surface area contributed by atoms with Crippen LogP contribution in [0.5, 0.6) is 5.75 Å². The Morgan fingerprint density at radius 1 is 1.28 bits per heavy atom. The second-order valence-electron chi connectivity index (χ2n) is 5.45. The summed E-state index contributed by atoms with van der Waals surface area (Å²) in [5, 5.41) is 3.01. The van der Waals surface area contributed by atoms with Crippen molar-refractivity contribution < 1.29 is 9.53 Å². The molecule has 1 aromatic rings. The topological polar surface area (TPSA) is 38.3 Å². The van der Waals surface area contributed by atoms with Gasteiger partial charge in [0.25, 0.3) is 0 Å². The van der Waals surface area contributed by atoms with Crippen LogP contribution in [0.15, 0.2) is 24.3 Å². The number of carbonyl (C=O) groups is 1. The molecule has 0 fully saturated rings. The molecule has 0 aliphatic carbocycles. The lowest BCUT2D eigenvalue weighted by Gasteiger charge is -2.22. The molecule has 3 nitrogen and oxygen atoms in total. The molecule has 0 radical (unpaired) electrons. The normalized spacial score (nSPS) is 12.9. The van der Waals surface area contributed by atoms with Gasteiger partial charge in [0.05, 0.1) is 12.6 Å². The van der Waals surface area contributed by atoms with E-state index in [0.717, 1.165) is 11.3 Å². The van der Waals surface area contributed by atoms with Crippen molar-refractivity contribution in [1.29, 1.82) is 0 Å². The molecule has 3 heteroatoms. The van der Waals surface area contributed by atoms with Crippen LogP contribution in [0.25, 0.3) is 0 Å². The van der Waals surface area contributed by atoms with Gasteiger partial charge in [-0.25, -0.2) is 0 Å². The van der Waals surface area contributed by atoms with Crippen LogP contribution in [0, 0.1) is 5.41 Å². The molecule has 0 bridgehead atoms. The second kappa shape index (κ2) is 5.89. The predicted molar refractivity (Wildman–Crippen MR) is 73.6 cm³/mol. The summed E-state index contributed by atoms with van der Waals surface area (Å²) in [6, 6.07) is 7.83. The lowest BCUT2D eigenvalue weighted by Crippen LogP contribution is -2.36. The maximum absolute atomic E-state index is 11.9. The minimum atomic E-state index is -0.362. The molecule has 1 rings (SSSR count). The Hall–Kier alpha value is -1.51. The van der Waals surface area contributed by atoms with Gasteiger partial charge in [-0.3, -0.25) is 4.79 Å². The molecule has 0 saturated carbocycles. The third-order valence-electron chi connectivity index (χ3n) is 2.72. The summed E-state index contributed by atoms with van der Waals surface area (Å²) in [5.41, 5.74) is 0.718. The first-order chi connectivity index (χ1) is 8.34. The molecular weight excluding hydrogens is 226 g/mol. The van der Waals surface area contributed by atoms with Crippen LogP contribution < -0.4 is 10.1 Å². The van der Waals surface area contributed by atoms with Crippen molar-refractivity contribution in [3.8, 4) is 5.75 Å². The van der Waals surface area contributed by atoms with E-state index in [2.05, 4.69) is 5.32 Å². The summed E-state index contributed by atoms with van der Waals surface area (Å²) in [4.78, 5) is 11.9. The fourth-order valence-electron chi connectivity index (χ4n) is 1.52. The van der Waals surface area contributed by atoms with Gasteiger partial charge < -0.3 is 10.1 Å². The zero-order valence-electron chi connectivity index (χ0n) is 11.9. The minimum absolute atomic E-state index is 0.00685. The lowest BCUT2D eigenvalue weighted by atomic mass is 9.94. The lowest BCUT2D eigenvalue weighted by molar-refractivity contribution is -0.129. The van der Waals surface area contributed by atoms with Crippen molar-refractivity contribution in [3.05, 3.63) is 29.8 Å². The molecule has 1 unspecified atom stereocenters. The molecule has 0 aliphatic heterocycles. The van der Waals surface area contributed by atoms with Gasteiger partial charge >= 0.3 is 0 Å². The van der Waals surface area contributed by atoms with E-state index < -0.39 is 0 Å². The fourth-order valence-corrected chi connectivity index (χ4v) is 1.52. The smallest absolute Gasteiger partial charge is 0.225 e. The Morgan fingerprint density at radius 3 is 2.28 bits per heavy atom. The third-order valence-corrected chi connectivity index (χ3v) is 2.72. The Balaban J connectivity index is 2.67. The molecule has 100 valence electrons. The van der Waals surface area contributed by atoms with Crippen LogP contribution in [-0.4, -0.2) is 12.5 Å². The fraction of sp³-hybridized carbons (Fsp3) is 0.533. The zero-order valence-corrected chi connectivity index (χ0v) is 11.9. The van der Waals surface area contributed by atoms with Crippen molar-refractivity contribution in [2.24, 2.45) is 5.41 Å². The van der Waals surface area contributed by atoms with E-state index in [4.69, 9.17) is 4.74 Å². The summed E-state index contributed by atoms with van der Waals surface area (Å²) < 4.78 is 5.39. The van der Waals surface area contributed by atoms with Crippen LogP contribution in [0.1, 0.15) is 46.2 Å². The first kappa shape index (κ1) is 14.6. The molecule has 18 heavy (non-hydrogen) atoms.